The normalized spacial score (nSPS) is 37.8. The van der Waals surface area contributed by atoms with Gasteiger partial charge in [0, 0.05) is 13.0 Å². The van der Waals surface area contributed by atoms with Crippen LogP contribution >= 0.6 is 0 Å². The first-order valence-corrected chi connectivity index (χ1v) is 9.07. The molecule has 0 aromatic heterocycles. The second-order valence-electron chi connectivity index (χ2n) is 8.45. The van der Waals surface area contributed by atoms with E-state index in [1.54, 1.807) is 0 Å². The molecule has 2 atom stereocenters. The van der Waals surface area contributed by atoms with Gasteiger partial charge in [-0.3, -0.25) is 4.79 Å². The van der Waals surface area contributed by atoms with Gasteiger partial charge in [0.05, 0.1) is 5.60 Å². The predicted octanol–water partition coefficient (Wildman–Crippen LogP) is 3.07. The molecule has 4 saturated carbocycles. The van der Waals surface area contributed by atoms with Crippen molar-refractivity contribution in [3.8, 4) is 0 Å². The van der Waals surface area contributed by atoms with Gasteiger partial charge in [0.15, 0.2) is 0 Å². The fourth-order valence-corrected chi connectivity index (χ4v) is 6.00. The molecule has 3 nitrogen and oxygen atoms in total. The van der Waals surface area contributed by atoms with Gasteiger partial charge in [-0.05, 0) is 67.8 Å². The van der Waals surface area contributed by atoms with Crippen LogP contribution in [0.15, 0.2) is 30.3 Å². The highest BCUT2D eigenvalue weighted by atomic mass is 16.3. The van der Waals surface area contributed by atoms with Crippen LogP contribution in [0.2, 0.25) is 0 Å². The molecule has 1 amide bonds. The van der Waals surface area contributed by atoms with Crippen LogP contribution in [-0.2, 0) is 11.2 Å². The second-order valence-corrected chi connectivity index (χ2v) is 8.45. The SMILES string of the molecule is O=C(CC12CC3CC(CC(O)(C3)C1)C2)NCCc1ccccc1. The Labute approximate surface area is 138 Å². The Kier molecular flexibility index (Phi) is 3.72. The lowest BCUT2D eigenvalue weighted by molar-refractivity contribution is -0.169. The molecule has 1 aromatic rings. The van der Waals surface area contributed by atoms with Crippen molar-refractivity contribution >= 4 is 5.91 Å². The summed E-state index contributed by atoms with van der Waals surface area (Å²) in [6.45, 7) is 0.704. The summed E-state index contributed by atoms with van der Waals surface area (Å²) in [6.07, 6.45) is 7.86. The van der Waals surface area contributed by atoms with E-state index in [9.17, 15) is 9.90 Å². The first-order valence-electron chi connectivity index (χ1n) is 9.07. The molecule has 0 radical (unpaired) electrons. The van der Waals surface area contributed by atoms with Gasteiger partial charge in [-0.1, -0.05) is 30.3 Å². The van der Waals surface area contributed by atoms with Crippen molar-refractivity contribution in [2.45, 2.75) is 57.0 Å². The molecule has 23 heavy (non-hydrogen) atoms. The minimum absolute atomic E-state index is 0.0790. The molecule has 3 heteroatoms. The molecule has 124 valence electrons. The molecule has 4 aliphatic carbocycles. The van der Waals surface area contributed by atoms with Crippen LogP contribution in [0.3, 0.4) is 0 Å². The first-order chi connectivity index (χ1) is 11.0. The number of aliphatic hydroxyl groups is 1. The summed E-state index contributed by atoms with van der Waals surface area (Å²) >= 11 is 0. The van der Waals surface area contributed by atoms with Crippen LogP contribution in [0.5, 0.6) is 0 Å². The Morgan fingerprint density at radius 2 is 1.83 bits per heavy atom. The number of hydrogen-bond donors (Lipinski definition) is 2. The summed E-state index contributed by atoms with van der Waals surface area (Å²) in [5, 5.41) is 13.9. The first kappa shape index (κ1) is 15.2. The minimum Gasteiger partial charge on any atom is -0.390 e. The summed E-state index contributed by atoms with van der Waals surface area (Å²) in [7, 11) is 0. The van der Waals surface area contributed by atoms with Crippen LogP contribution in [0.1, 0.15) is 50.5 Å². The molecule has 4 bridgehead atoms. The summed E-state index contributed by atoms with van der Waals surface area (Å²) < 4.78 is 0. The monoisotopic (exact) mass is 313 g/mol. The van der Waals surface area contributed by atoms with E-state index in [0.717, 1.165) is 38.5 Å². The van der Waals surface area contributed by atoms with Crippen molar-refractivity contribution in [2.24, 2.45) is 17.3 Å². The number of nitrogens with one attached hydrogen (secondary N) is 1. The molecule has 4 fully saturated rings. The van der Waals surface area contributed by atoms with E-state index in [1.807, 2.05) is 18.2 Å². The van der Waals surface area contributed by atoms with Crippen molar-refractivity contribution in [3.63, 3.8) is 0 Å². The van der Waals surface area contributed by atoms with Gasteiger partial charge in [-0.25, -0.2) is 0 Å². The van der Waals surface area contributed by atoms with Crippen LogP contribution in [0.4, 0.5) is 0 Å². The van der Waals surface area contributed by atoms with E-state index in [4.69, 9.17) is 0 Å². The number of amides is 1. The van der Waals surface area contributed by atoms with Gasteiger partial charge >= 0.3 is 0 Å². The zero-order chi connectivity index (χ0) is 15.9. The van der Waals surface area contributed by atoms with Gasteiger partial charge < -0.3 is 10.4 Å². The van der Waals surface area contributed by atoms with Crippen molar-refractivity contribution in [2.75, 3.05) is 6.54 Å². The van der Waals surface area contributed by atoms with E-state index in [2.05, 4.69) is 17.4 Å². The van der Waals surface area contributed by atoms with Gasteiger partial charge in [0.1, 0.15) is 0 Å². The smallest absolute Gasteiger partial charge is 0.220 e. The highest BCUT2D eigenvalue weighted by Gasteiger charge is 2.57. The molecular weight excluding hydrogens is 286 g/mol. The standard InChI is InChI=1S/C20H27NO2/c22-18(21-7-6-15-4-2-1-3-5-15)13-19-9-16-8-17(10-19)12-20(23,11-16)14-19/h1-5,16-17,23H,6-14H2,(H,21,22). The van der Waals surface area contributed by atoms with Gasteiger partial charge in [0.25, 0.3) is 0 Å². The summed E-state index contributed by atoms with van der Waals surface area (Å²) in [5.74, 6) is 1.48. The highest BCUT2D eigenvalue weighted by molar-refractivity contribution is 5.76. The lowest BCUT2D eigenvalue weighted by atomic mass is 9.47. The van der Waals surface area contributed by atoms with Crippen LogP contribution < -0.4 is 5.32 Å². The maximum Gasteiger partial charge on any atom is 0.220 e. The molecule has 5 rings (SSSR count). The molecule has 2 N–H and O–H groups in total. The molecule has 0 saturated heterocycles. The zero-order valence-corrected chi connectivity index (χ0v) is 13.8. The lowest BCUT2D eigenvalue weighted by Gasteiger charge is -2.60. The summed E-state index contributed by atoms with van der Waals surface area (Å²) in [4.78, 5) is 12.4. The van der Waals surface area contributed by atoms with Gasteiger partial charge in [0.2, 0.25) is 5.91 Å². The van der Waals surface area contributed by atoms with E-state index in [0.29, 0.717) is 24.8 Å². The minimum atomic E-state index is -0.464. The molecule has 4 aliphatic rings. The maximum absolute atomic E-state index is 12.4. The van der Waals surface area contributed by atoms with E-state index in [1.165, 1.54) is 12.0 Å². The average Bonchev–Trinajstić information content (AvgIpc) is 2.45. The van der Waals surface area contributed by atoms with Crippen LogP contribution in [-0.4, -0.2) is 23.2 Å². The third-order valence-electron chi connectivity index (χ3n) is 6.27. The summed E-state index contributed by atoms with van der Waals surface area (Å²) in [5.41, 5.74) is 0.876. The topological polar surface area (TPSA) is 49.3 Å². The molecule has 0 spiro atoms. The van der Waals surface area contributed by atoms with Crippen molar-refractivity contribution < 1.29 is 9.90 Å². The second kappa shape index (κ2) is 5.62. The van der Waals surface area contributed by atoms with Crippen molar-refractivity contribution in [1.82, 2.24) is 5.32 Å². The number of rotatable bonds is 5. The third-order valence-corrected chi connectivity index (χ3v) is 6.27. The van der Waals surface area contributed by atoms with E-state index < -0.39 is 5.60 Å². The van der Waals surface area contributed by atoms with Crippen molar-refractivity contribution in [1.29, 1.82) is 0 Å². The Bertz CT molecular complexity index is 569. The zero-order valence-electron chi connectivity index (χ0n) is 13.8. The number of hydrogen-bond acceptors (Lipinski definition) is 2. The number of benzene rings is 1. The van der Waals surface area contributed by atoms with Crippen LogP contribution in [0, 0.1) is 17.3 Å². The van der Waals surface area contributed by atoms with Crippen LogP contribution in [0.25, 0.3) is 0 Å². The highest BCUT2D eigenvalue weighted by Crippen LogP contribution is 2.62. The van der Waals surface area contributed by atoms with Gasteiger partial charge in [-0.15, -0.1) is 0 Å². The molecule has 1 aromatic carbocycles. The number of carbonyl (C=O) groups excluding carboxylic acids is 1. The molecular formula is C20H27NO2. The third kappa shape index (κ3) is 3.16. The lowest BCUT2D eigenvalue weighted by Crippen LogP contribution is -2.56. The maximum atomic E-state index is 12.4. The van der Waals surface area contributed by atoms with E-state index >= 15 is 0 Å². The Balaban J connectivity index is 1.32. The van der Waals surface area contributed by atoms with Gasteiger partial charge in [-0.2, -0.15) is 0 Å². The van der Waals surface area contributed by atoms with E-state index in [-0.39, 0.29) is 11.3 Å². The number of carbonyl (C=O) groups is 1. The Morgan fingerprint density at radius 1 is 1.13 bits per heavy atom. The molecule has 0 aliphatic heterocycles. The predicted molar refractivity (Wildman–Crippen MR) is 89.8 cm³/mol. The fraction of sp³-hybridized carbons (Fsp3) is 0.650. The quantitative estimate of drug-likeness (QED) is 0.878. The molecule has 0 heterocycles. The Morgan fingerprint density at radius 3 is 2.48 bits per heavy atom. The van der Waals surface area contributed by atoms with Crippen molar-refractivity contribution in [3.05, 3.63) is 35.9 Å². The summed E-state index contributed by atoms with van der Waals surface area (Å²) in [6, 6.07) is 10.3. The fourth-order valence-electron chi connectivity index (χ4n) is 6.00. The Hall–Kier alpha value is -1.35. The average molecular weight is 313 g/mol. The largest absolute Gasteiger partial charge is 0.390 e. The molecule has 2 unspecified atom stereocenters.